The maximum Gasteiger partial charge on any atom is 0.315 e. The van der Waals surface area contributed by atoms with Crippen molar-refractivity contribution in [1.29, 1.82) is 0 Å². The predicted octanol–water partition coefficient (Wildman–Crippen LogP) is 2.84. The molecule has 2 saturated heterocycles. The lowest BCUT2D eigenvalue weighted by Gasteiger charge is -2.35. The van der Waals surface area contributed by atoms with Crippen molar-refractivity contribution in [2.45, 2.75) is 50.6 Å². The number of hydrogen-bond acceptors (Lipinski definition) is 4. The second-order valence-electron chi connectivity index (χ2n) is 8.57. The Morgan fingerprint density at radius 1 is 0.964 bits per heavy atom. The Bertz CT molecular complexity index is 648. The molecule has 6 nitrogen and oxygen atoms in total. The largest absolute Gasteiger partial charge is 0.495 e. The molecule has 6 heteroatoms. The van der Waals surface area contributed by atoms with E-state index >= 15 is 0 Å². The standard InChI is InChI=1S/C22H34N4O2/c1-28-21-5-3-2-4-20(21)26-14-10-19(11-15-26)24-22(27)23-18-8-12-25(13-9-18)16-17-6-7-17/h2-5,17-19H,6-16H2,1H3,(H2,23,24,27). The third-order valence-electron chi connectivity index (χ3n) is 6.39. The van der Waals surface area contributed by atoms with Crippen LogP contribution in [0.2, 0.25) is 0 Å². The first-order valence-corrected chi connectivity index (χ1v) is 10.9. The SMILES string of the molecule is COc1ccccc1N1CCC(NC(=O)NC2CCN(CC3CC3)CC2)CC1. The Morgan fingerprint density at radius 2 is 1.57 bits per heavy atom. The van der Waals surface area contributed by atoms with Crippen molar-refractivity contribution in [2.75, 3.05) is 44.7 Å². The molecule has 2 aliphatic heterocycles. The molecule has 0 aromatic heterocycles. The van der Waals surface area contributed by atoms with Gasteiger partial charge in [0.1, 0.15) is 5.75 Å². The molecular weight excluding hydrogens is 352 g/mol. The average Bonchev–Trinajstić information content (AvgIpc) is 3.54. The highest BCUT2D eigenvalue weighted by molar-refractivity contribution is 5.74. The van der Waals surface area contributed by atoms with Crippen molar-refractivity contribution >= 4 is 11.7 Å². The van der Waals surface area contributed by atoms with E-state index in [2.05, 4.69) is 26.5 Å². The first kappa shape index (κ1) is 19.4. The van der Waals surface area contributed by atoms with Crippen molar-refractivity contribution in [2.24, 2.45) is 5.92 Å². The van der Waals surface area contributed by atoms with Crippen LogP contribution in [0.15, 0.2) is 24.3 Å². The molecule has 4 rings (SSSR count). The summed E-state index contributed by atoms with van der Waals surface area (Å²) >= 11 is 0. The number of piperidine rings is 2. The third-order valence-corrected chi connectivity index (χ3v) is 6.39. The van der Waals surface area contributed by atoms with Gasteiger partial charge < -0.3 is 25.2 Å². The summed E-state index contributed by atoms with van der Waals surface area (Å²) in [6.07, 6.45) is 6.91. The van der Waals surface area contributed by atoms with Crippen LogP contribution in [-0.2, 0) is 0 Å². The highest BCUT2D eigenvalue weighted by atomic mass is 16.5. The number of methoxy groups -OCH3 is 1. The number of urea groups is 1. The van der Waals surface area contributed by atoms with Gasteiger partial charge in [-0.05, 0) is 56.6 Å². The number of ether oxygens (including phenoxy) is 1. The van der Waals surface area contributed by atoms with Gasteiger partial charge in [0.2, 0.25) is 0 Å². The number of carbonyl (C=O) groups excluding carboxylic acids is 1. The number of rotatable bonds is 6. The molecule has 0 atom stereocenters. The number of benzene rings is 1. The minimum absolute atomic E-state index is 0.0105. The molecule has 0 bridgehead atoms. The topological polar surface area (TPSA) is 56.8 Å². The maximum atomic E-state index is 12.4. The Kier molecular flexibility index (Phi) is 6.25. The third kappa shape index (κ3) is 5.10. The molecule has 2 amide bonds. The van der Waals surface area contributed by atoms with E-state index in [0.29, 0.717) is 6.04 Å². The summed E-state index contributed by atoms with van der Waals surface area (Å²) in [5, 5.41) is 6.41. The second kappa shape index (κ2) is 9.03. The van der Waals surface area contributed by atoms with Gasteiger partial charge >= 0.3 is 6.03 Å². The summed E-state index contributed by atoms with van der Waals surface area (Å²) < 4.78 is 5.48. The van der Waals surface area contributed by atoms with Crippen LogP contribution in [0.3, 0.4) is 0 Å². The van der Waals surface area contributed by atoms with Crippen LogP contribution in [0.4, 0.5) is 10.5 Å². The molecule has 3 fully saturated rings. The molecule has 2 heterocycles. The molecule has 28 heavy (non-hydrogen) atoms. The van der Waals surface area contributed by atoms with Crippen LogP contribution in [0.25, 0.3) is 0 Å². The van der Waals surface area contributed by atoms with E-state index in [9.17, 15) is 4.79 Å². The van der Waals surface area contributed by atoms with Gasteiger partial charge in [-0.15, -0.1) is 0 Å². The molecule has 154 valence electrons. The van der Waals surface area contributed by atoms with Crippen molar-refractivity contribution in [3.8, 4) is 5.75 Å². The number of para-hydroxylation sites is 2. The van der Waals surface area contributed by atoms with Gasteiger partial charge in [-0.2, -0.15) is 0 Å². The smallest absolute Gasteiger partial charge is 0.315 e. The van der Waals surface area contributed by atoms with E-state index in [1.807, 2.05) is 18.2 Å². The quantitative estimate of drug-likeness (QED) is 0.789. The zero-order valence-corrected chi connectivity index (χ0v) is 17.0. The van der Waals surface area contributed by atoms with E-state index in [1.165, 1.54) is 19.4 Å². The van der Waals surface area contributed by atoms with Gasteiger partial charge in [-0.25, -0.2) is 4.79 Å². The van der Waals surface area contributed by atoms with Crippen LogP contribution in [-0.4, -0.2) is 62.8 Å². The summed E-state index contributed by atoms with van der Waals surface area (Å²) in [6.45, 7) is 5.39. The highest BCUT2D eigenvalue weighted by Crippen LogP contribution is 2.31. The molecule has 1 aromatic rings. The Balaban J connectivity index is 1.17. The zero-order valence-electron chi connectivity index (χ0n) is 17.0. The number of carbonyl (C=O) groups is 1. The number of nitrogens with zero attached hydrogens (tertiary/aromatic N) is 2. The fraction of sp³-hybridized carbons (Fsp3) is 0.682. The highest BCUT2D eigenvalue weighted by Gasteiger charge is 2.28. The Labute approximate surface area is 168 Å². The minimum atomic E-state index is 0.0105. The summed E-state index contributed by atoms with van der Waals surface area (Å²) in [4.78, 5) is 17.4. The van der Waals surface area contributed by atoms with Gasteiger partial charge in [0.25, 0.3) is 0 Å². The first-order chi connectivity index (χ1) is 13.7. The van der Waals surface area contributed by atoms with E-state index < -0.39 is 0 Å². The van der Waals surface area contributed by atoms with Crippen LogP contribution in [0.1, 0.15) is 38.5 Å². The lowest BCUT2D eigenvalue weighted by molar-refractivity contribution is 0.185. The molecular formula is C22H34N4O2. The summed E-state index contributed by atoms with van der Waals surface area (Å²) in [6, 6.07) is 8.74. The van der Waals surface area contributed by atoms with Gasteiger partial charge in [0, 0.05) is 44.8 Å². The van der Waals surface area contributed by atoms with Crippen molar-refractivity contribution in [1.82, 2.24) is 15.5 Å². The number of likely N-dealkylation sites (tertiary alicyclic amines) is 1. The molecule has 1 aromatic carbocycles. The van der Waals surface area contributed by atoms with Gasteiger partial charge in [-0.1, -0.05) is 12.1 Å². The van der Waals surface area contributed by atoms with Gasteiger partial charge in [-0.3, -0.25) is 0 Å². The normalized spacial score (nSPS) is 22.1. The van der Waals surface area contributed by atoms with Crippen LogP contribution in [0, 0.1) is 5.92 Å². The number of nitrogens with one attached hydrogen (secondary N) is 2. The maximum absolute atomic E-state index is 12.4. The van der Waals surface area contributed by atoms with Crippen molar-refractivity contribution in [3.63, 3.8) is 0 Å². The van der Waals surface area contributed by atoms with E-state index in [1.54, 1.807) is 7.11 Å². The number of anilines is 1. The molecule has 0 radical (unpaired) electrons. The van der Waals surface area contributed by atoms with Crippen LogP contribution in [0.5, 0.6) is 5.75 Å². The van der Waals surface area contributed by atoms with Gasteiger partial charge in [0.15, 0.2) is 0 Å². The fourth-order valence-corrected chi connectivity index (χ4v) is 4.49. The molecule has 0 spiro atoms. The van der Waals surface area contributed by atoms with Crippen LogP contribution < -0.4 is 20.3 Å². The molecule has 0 unspecified atom stereocenters. The van der Waals surface area contributed by atoms with Crippen molar-refractivity contribution < 1.29 is 9.53 Å². The fourth-order valence-electron chi connectivity index (χ4n) is 4.49. The molecule has 3 aliphatic rings. The lowest BCUT2D eigenvalue weighted by atomic mass is 10.0. The number of hydrogen-bond donors (Lipinski definition) is 2. The molecule has 1 saturated carbocycles. The van der Waals surface area contributed by atoms with Gasteiger partial charge in [0.05, 0.1) is 12.8 Å². The van der Waals surface area contributed by atoms with Crippen molar-refractivity contribution in [3.05, 3.63) is 24.3 Å². The van der Waals surface area contributed by atoms with E-state index in [0.717, 1.165) is 69.2 Å². The summed E-state index contributed by atoms with van der Waals surface area (Å²) in [7, 11) is 1.72. The minimum Gasteiger partial charge on any atom is -0.495 e. The second-order valence-corrected chi connectivity index (χ2v) is 8.57. The summed E-state index contributed by atoms with van der Waals surface area (Å²) in [5.41, 5.74) is 1.14. The Hall–Kier alpha value is -1.95. The first-order valence-electron chi connectivity index (χ1n) is 10.9. The summed E-state index contributed by atoms with van der Waals surface area (Å²) in [5.74, 6) is 1.87. The molecule has 1 aliphatic carbocycles. The lowest BCUT2D eigenvalue weighted by Crippen LogP contribution is -2.52. The van der Waals surface area contributed by atoms with E-state index in [4.69, 9.17) is 4.74 Å². The zero-order chi connectivity index (χ0) is 19.3. The predicted molar refractivity (Wildman–Crippen MR) is 112 cm³/mol. The Morgan fingerprint density at radius 3 is 2.18 bits per heavy atom. The average molecular weight is 387 g/mol. The van der Waals surface area contributed by atoms with Crippen LogP contribution >= 0.6 is 0 Å². The molecule has 2 N–H and O–H groups in total. The number of amides is 2. The van der Waals surface area contributed by atoms with E-state index in [-0.39, 0.29) is 12.1 Å². The monoisotopic (exact) mass is 386 g/mol.